The predicted molar refractivity (Wildman–Crippen MR) is 17.8 cm³/mol. The summed E-state index contributed by atoms with van der Waals surface area (Å²) in [6, 6.07) is 0. The zero-order valence-corrected chi connectivity index (χ0v) is 7.12. The van der Waals surface area contributed by atoms with Crippen molar-refractivity contribution in [2.24, 2.45) is 0 Å². The van der Waals surface area contributed by atoms with Gasteiger partial charge in [0.05, 0.1) is 0 Å². The molecule has 0 saturated carbocycles. The summed E-state index contributed by atoms with van der Waals surface area (Å²) in [6.07, 6.45) is 0. The molecule has 26 valence electrons. The minimum absolute atomic E-state index is 0. The monoisotopic (exact) mass is 119 g/mol. The van der Waals surface area contributed by atoms with E-state index in [1.807, 2.05) is 0 Å². The molecule has 0 radical (unpaired) electrons. The minimum Gasteiger partial charge on any atom is -1.00 e. The van der Waals surface area contributed by atoms with E-state index in [4.69, 9.17) is 10.1 Å². The van der Waals surface area contributed by atoms with Gasteiger partial charge in [0.2, 0.25) is 9.39 Å². The van der Waals surface area contributed by atoms with Gasteiger partial charge in [-0.15, -0.1) is 0 Å². The third-order valence-corrected chi connectivity index (χ3v) is 0. The summed E-state index contributed by atoms with van der Waals surface area (Å²) in [5.41, 5.74) is 0. The molecule has 0 aromatic rings. The molecule has 0 aliphatic carbocycles. The first-order chi connectivity index (χ1) is 1.73. The van der Waals surface area contributed by atoms with Gasteiger partial charge in [-0.05, 0) is 0 Å². The van der Waals surface area contributed by atoms with Crippen LogP contribution in [-0.4, -0.2) is 4.69 Å². The Morgan fingerprint density at radius 2 is 2.00 bits per heavy atom. The first-order valence-electron chi connectivity index (χ1n) is 0.623. The van der Waals surface area contributed by atoms with Gasteiger partial charge in [0.25, 0.3) is 0 Å². The van der Waals surface area contributed by atoms with Crippen LogP contribution in [0.3, 0.4) is 0 Å². The van der Waals surface area contributed by atoms with Crippen LogP contribution in [0.2, 0.25) is 0 Å². The van der Waals surface area contributed by atoms with Crippen molar-refractivity contribution in [2.75, 3.05) is 0 Å². The fraction of sp³-hybridized carbons (Fsp3) is 0. The number of rotatable bonds is 0. The third kappa shape index (κ3) is 30.5. The molecule has 0 aliphatic rings. The van der Waals surface area contributed by atoms with Crippen LogP contribution in [0, 0.1) is 10.1 Å². The Bertz CT molecular complexity index is 36.5. The van der Waals surface area contributed by atoms with Gasteiger partial charge in [0.1, 0.15) is 0 Å². The Kier molecular flexibility index (Phi) is 10.6. The Morgan fingerprint density at radius 1 is 2.00 bits per heavy atom. The van der Waals surface area contributed by atoms with Crippen LogP contribution in [0.1, 0.15) is 1.43 Å². The number of hydrogen-bond acceptors (Lipinski definition) is 2. The Labute approximate surface area is 75.8 Å². The van der Waals surface area contributed by atoms with Gasteiger partial charge in [-0.1, -0.05) is 0 Å². The van der Waals surface area contributed by atoms with E-state index in [1.54, 1.807) is 0 Å². The molecule has 5 heteroatoms. The van der Waals surface area contributed by atoms with Crippen LogP contribution in [-0.2, 0) is 0 Å². The molecule has 1 unspecified atom stereocenters. The van der Waals surface area contributed by atoms with E-state index in [1.165, 1.54) is 9.39 Å². The standard InChI is InChI=1S/K.H2NO2P.H/c;2-1(3)4;/h;4H2;/q+1;;-1. The zero-order valence-electron chi connectivity index (χ0n) is 3.84. The summed E-state index contributed by atoms with van der Waals surface area (Å²) in [7, 11) is 1.38. The van der Waals surface area contributed by atoms with E-state index in [-0.39, 0.29) is 52.8 Å². The summed E-state index contributed by atoms with van der Waals surface area (Å²) < 4.78 is -0.583. The molecule has 0 aromatic carbocycles. The first-order valence-corrected chi connectivity index (χ1v) is 1.14. The van der Waals surface area contributed by atoms with Crippen molar-refractivity contribution in [3.8, 4) is 0 Å². The van der Waals surface area contributed by atoms with E-state index in [0.29, 0.717) is 0 Å². The van der Waals surface area contributed by atoms with E-state index >= 15 is 0 Å². The molecule has 0 N–H and O–H groups in total. The first kappa shape index (κ1) is 9.69. The summed E-state index contributed by atoms with van der Waals surface area (Å²) in [5.74, 6) is 0. The van der Waals surface area contributed by atoms with Gasteiger partial charge >= 0.3 is 51.4 Å². The van der Waals surface area contributed by atoms with Crippen molar-refractivity contribution in [2.45, 2.75) is 0 Å². The molecule has 3 nitrogen and oxygen atoms in total. The van der Waals surface area contributed by atoms with Crippen molar-refractivity contribution in [3.05, 3.63) is 10.1 Å². The minimum atomic E-state index is -0.583. The molecule has 0 spiro atoms. The number of hydrogen-bond donors (Lipinski definition) is 0. The van der Waals surface area contributed by atoms with Crippen molar-refractivity contribution >= 4 is 9.39 Å². The second-order valence-electron chi connectivity index (χ2n) is 0.285. The van der Waals surface area contributed by atoms with Gasteiger partial charge < -0.3 is 1.43 Å². The molecule has 0 aromatic heterocycles. The average Bonchev–Trinajstić information content (AvgIpc) is 0.811. The molecule has 1 atom stereocenters. The van der Waals surface area contributed by atoms with E-state index < -0.39 is 4.69 Å². The van der Waals surface area contributed by atoms with Crippen molar-refractivity contribution in [3.63, 3.8) is 0 Å². The largest absolute Gasteiger partial charge is 1.00 e. The van der Waals surface area contributed by atoms with Crippen LogP contribution in [0.15, 0.2) is 0 Å². The molecule has 0 heterocycles. The van der Waals surface area contributed by atoms with Gasteiger partial charge in [0.15, 0.2) is 0 Å². The zero-order chi connectivity index (χ0) is 3.58. The predicted octanol–water partition coefficient (Wildman–Crippen LogP) is -2.83. The van der Waals surface area contributed by atoms with E-state index in [9.17, 15) is 0 Å². The molecule has 0 bridgehead atoms. The average molecular weight is 119 g/mol. The summed E-state index contributed by atoms with van der Waals surface area (Å²) in [4.78, 5) is 8.77. The number of nitro groups is 1. The maximum atomic E-state index is 8.77. The second kappa shape index (κ2) is 5.47. The van der Waals surface area contributed by atoms with Crippen LogP contribution in [0.4, 0.5) is 0 Å². The van der Waals surface area contributed by atoms with Gasteiger partial charge in [-0.25, -0.2) is 0 Å². The van der Waals surface area contributed by atoms with E-state index in [2.05, 4.69) is 0 Å². The Morgan fingerprint density at radius 3 is 2.00 bits per heavy atom. The van der Waals surface area contributed by atoms with Gasteiger partial charge in [-0.3, -0.25) is 10.1 Å². The SMILES string of the molecule is O=[N+]([O-])P.[H-].[K+]. The fourth-order valence-corrected chi connectivity index (χ4v) is 0. The van der Waals surface area contributed by atoms with Gasteiger partial charge in [-0.2, -0.15) is 0 Å². The Hall–Kier alpha value is 1.47. The van der Waals surface area contributed by atoms with Crippen molar-refractivity contribution in [1.29, 1.82) is 0 Å². The molecular weight excluding hydrogens is 116 g/mol. The van der Waals surface area contributed by atoms with Crippen molar-refractivity contribution in [1.82, 2.24) is 0 Å². The summed E-state index contributed by atoms with van der Waals surface area (Å²) in [5, 5.41) is 8.77. The smallest absolute Gasteiger partial charge is 1.00 e. The summed E-state index contributed by atoms with van der Waals surface area (Å²) in [6.45, 7) is 0. The molecule has 0 amide bonds. The van der Waals surface area contributed by atoms with E-state index in [0.717, 1.165) is 0 Å². The number of nitrogens with zero attached hydrogens (tertiary/aromatic N) is 1. The maximum absolute atomic E-state index is 8.77. The normalized spacial score (nSPS) is 5.00. The molecule has 0 fully saturated rings. The molecule has 0 aliphatic heterocycles. The quantitative estimate of drug-likeness (QED) is 0.149. The van der Waals surface area contributed by atoms with Crippen LogP contribution in [0.5, 0.6) is 0 Å². The van der Waals surface area contributed by atoms with Gasteiger partial charge in [0, 0.05) is 4.69 Å². The summed E-state index contributed by atoms with van der Waals surface area (Å²) >= 11 is 0. The second-order valence-corrected chi connectivity index (χ2v) is 0.707. The van der Waals surface area contributed by atoms with Crippen LogP contribution >= 0.6 is 9.39 Å². The van der Waals surface area contributed by atoms with Crippen molar-refractivity contribution < 1.29 is 57.5 Å². The van der Waals surface area contributed by atoms with Crippen LogP contribution < -0.4 is 51.4 Å². The molecule has 0 saturated heterocycles. The molecule has 0 rings (SSSR count). The topological polar surface area (TPSA) is 43.1 Å². The van der Waals surface area contributed by atoms with Crippen LogP contribution in [0.25, 0.3) is 0 Å². The Balaban J connectivity index is -0.0000000450. The third-order valence-electron chi connectivity index (χ3n) is 0. The molecular formula is H3KNO2P. The molecule has 5 heavy (non-hydrogen) atoms. The maximum Gasteiger partial charge on any atom is 1.00 e. The fourth-order valence-electron chi connectivity index (χ4n) is 0.